The Bertz CT molecular complexity index is 1060. The van der Waals surface area contributed by atoms with Crippen LogP contribution in [-0.4, -0.2) is 25.7 Å². The number of nitrogens with one attached hydrogen (secondary N) is 1. The van der Waals surface area contributed by atoms with Gasteiger partial charge < -0.3 is 11.1 Å². The number of aromatic nitrogens is 4. The van der Waals surface area contributed by atoms with Crippen LogP contribution >= 0.6 is 0 Å². The van der Waals surface area contributed by atoms with Crippen LogP contribution in [0.4, 0.5) is 5.82 Å². The average molecular weight is 344 g/mol. The van der Waals surface area contributed by atoms with Crippen molar-refractivity contribution in [1.29, 1.82) is 0 Å². The number of anilines is 1. The maximum Gasteiger partial charge on any atom is 0.248 e. The highest BCUT2D eigenvalue weighted by Gasteiger charge is 2.11. The molecule has 0 unspecified atom stereocenters. The summed E-state index contributed by atoms with van der Waals surface area (Å²) < 4.78 is 1.78. The molecule has 0 saturated heterocycles. The minimum Gasteiger partial charge on any atom is -0.366 e. The third-order valence-electron chi connectivity index (χ3n) is 4.06. The molecular weight excluding hydrogens is 328 g/mol. The predicted molar refractivity (Wildman–Crippen MR) is 98.9 cm³/mol. The standard InChI is InChI=1S/C19H16N6O/c20-17(26)14-8-6-13(7-9-14)10-21-18-16-11-24-25(19(16)23-12-22-18)15-4-2-1-3-5-15/h1-9,11-12H,10H2,(H2,20,26)(H,21,22,23). The number of benzene rings is 2. The molecule has 2 aromatic carbocycles. The zero-order chi connectivity index (χ0) is 17.9. The largest absolute Gasteiger partial charge is 0.366 e. The second kappa shape index (κ2) is 6.64. The lowest BCUT2D eigenvalue weighted by atomic mass is 10.1. The molecule has 0 aliphatic heterocycles. The van der Waals surface area contributed by atoms with Crippen molar-refractivity contribution in [2.24, 2.45) is 5.73 Å². The molecule has 0 saturated carbocycles. The first-order valence-corrected chi connectivity index (χ1v) is 8.09. The van der Waals surface area contributed by atoms with Crippen LogP contribution in [0, 0.1) is 0 Å². The monoisotopic (exact) mass is 344 g/mol. The fraction of sp³-hybridized carbons (Fsp3) is 0.0526. The first-order valence-electron chi connectivity index (χ1n) is 8.09. The van der Waals surface area contributed by atoms with Crippen molar-refractivity contribution in [3.8, 4) is 5.69 Å². The molecule has 0 atom stereocenters. The van der Waals surface area contributed by atoms with E-state index in [-0.39, 0.29) is 0 Å². The third kappa shape index (κ3) is 2.98. The Morgan fingerprint density at radius 1 is 1.04 bits per heavy atom. The average Bonchev–Trinajstić information content (AvgIpc) is 3.12. The maximum absolute atomic E-state index is 11.1. The molecule has 2 heterocycles. The Hall–Kier alpha value is -3.74. The Kier molecular flexibility index (Phi) is 4.03. The number of rotatable bonds is 5. The van der Waals surface area contributed by atoms with E-state index in [4.69, 9.17) is 5.73 Å². The molecule has 0 fully saturated rings. The highest BCUT2D eigenvalue weighted by molar-refractivity contribution is 5.92. The van der Waals surface area contributed by atoms with Gasteiger partial charge in [-0.3, -0.25) is 4.79 Å². The summed E-state index contributed by atoms with van der Waals surface area (Å²) in [6.07, 6.45) is 3.27. The van der Waals surface area contributed by atoms with Crippen LogP contribution < -0.4 is 11.1 Å². The summed E-state index contributed by atoms with van der Waals surface area (Å²) in [5, 5.41) is 8.57. The zero-order valence-electron chi connectivity index (χ0n) is 13.8. The van der Waals surface area contributed by atoms with E-state index in [0.29, 0.717) is 17.9 Å². The van der Waals surface area contributed by atoms with Crippen LogP contribution in [0.25, 0.3) is 16.7 Å². The SMILES string of the molecule is NC(=O)c1ccc(CNc2ncnc3c2cnn3-c2ccccc2)cc1. The topological polar surface area (TPSA) is 98.7 Å². The van der Waals surface area contributed by atoms with Crippen molar-refractivity contribution in [2.45, 2.75) is 6.54 Å². The van der Waals surface area contributed by atoms with Gasteiger partial charge in [-0.15, -0.1) is 0 Å². The molecule has 26 heavy (non-hydrogen) atoms. The molecule has 0 aliphatic carbocycles. The van der Waals surface area contributed by atoms with Crippen LogP contribution in [0.2, 0.25) is 0 Å². The Balaban J connectivity index is 1.59. The summed E-state index contributed by atoms with van der Waals surface area (Å²) in [4.78, 5) is 19.8. The number of carbonyl (C=O) groups excluding carboxylic acids is 1. The van der Waals surface area contributed by atoms with Crippen molar-refractivity contribution >= 4 is 22.8 Å². The van der Waals surface area contributed by atoms with Gasteiger partial charge in [0.1, 0.15) is 12.1 Å². The summed E-state index contributed by atoms with van der Waals surface area (Å²) in [5.41, 5.74) is 8.43. The molecule has 128 valence electrons. The summed E-state index contributed by atoms with van der Waals surface area (Å²) >= 11 is 0. The lowest BCUT2D eigenvalue weighted by Gasteiger charge is -2.07. The second-order valence-corrected chi connectivity index (χ2v) is 5.77. The molecule has 1 amide bonds. The molecule has 0 spiro atoms. The number of hydrogen-bond donors (Lipinski definition) is 2. The van der Waals surface area contributed by atoms with Crippen LogP contribution in [-0.2, 0) is 6.54 Å². The van der Waals surface area contributed by atoms with E-state index in [9.17, 15) is 4.79 Å². The quantitative estimate of drug-likeness (QED) is 0.580. The molecule has 4 rings (SSSR count). The summed E-state index contributed by atoms with van der Waals surface area (Å²) in [7, 11) is 0. The number of nitrogens with two attached hydrogens (primary N) is 1. The summed E-state index contributed by atoms with van der Waals surface area (Å²) in [6, 6.07) is 17.0. The van der Waals surface area contributed by atoms with Crippen molar-refractivity contribution < 1.29 is 4.79 Å². The highest BCUT2D eigenvalue weighted by atomic mass is 16.1. The van der Waals surface area contributed by atoms with E-state index in [1.165, 1.54) is 6.33 Å². The van der Waals surface area contributed by atoms with Gasteiger partial charge in [0.15, 0.2) is 5.65 Å². The fourth-order valence-electron chi connectivity index (χ4n) is 2.72. The van der Waals surface area contributed by atoms with E-state index in [2.05, 4.69) is 20.4 Å². The Labute approximate surface area is 149 Å². The van der Waals surface area contributed by atoms with Gasteiger partial charge in [-0.25, -0.2) is 14.6 Å². The van der Waals surface area contributed by atoms with Gasteiger partial charge in [0.25, 0.3) is 0 Å². The molecule has 0 aliphatic rings. The van der Waals surface area contributed by atoms with Crippen molar-refractivity contribution in [2.75, 3.05) is 5.32 Å². The maximum atomic E-state index is 11.1. The normalized spacial score (nSPS) is 10.8. The first kappa shape index (κ1) is 15.8. The van der Waals surface area contributed by atoms with E-state index >= 15 is 0 Å². The number of hydrogen-bond acceptors (Lipinski definition) is 5. The summed E-state index contributed by atoms with van der Waals surface area (Å²) in [5.74, 6) is 0.270. The molecule has 2 aromatic heterocycles. The summed E-state index contributed by atoms with van der Waals surface area (Å²) in [6.45, 7) is 0.557. The second-order valence-electron chi connectivity index (χ2n) is 5.77. The third-order valence-corrected chi connectivity index (χ3v) is 4.06. The van der Waals surface area contributed by atoms with E-state index in [1.54, 1.807) is 23.0 Å². The molecule has 7 nitrogen and oxygen atoms in total. The van der Waals surface area contributed by atoms with Gasteiger partial charge in [-0.1, -0.05) is 30.3 Å². The molecule has 4 aromatic rings. The number of carbonyl (C=O) groups is 1. The van der Waals surface area contributed by atoms with Crippen LogP contribution in [0.15, 0.2) is 67.1 Å². The minimum atomic E-state index is -0.435. The highest BCUT2D eigenvalue weighted by Crippen LogP contribution is 2.22. The number of amides is 1. The molecule has 0 bridgehead atoms. The van der Waals surface area contributed by atoms with Gasteiger partial charge in [0, 0.05) is 12.1 Å². The number of nitrogens with zero attached hydrogens (tertiary/aromatic N) is 4. The van der Waals surface area contributed by atoms with Gasteiger partial charge in [-0.2, -0.15) is 5.10 Å². The van der Waals surface area contributed by atoms with Crippen LogP contribution in [0.1, 0.15) is 15.9 Å². The van der Waals surface area contributed by atoms with Crippen molar-refractivity contribution in [1.82, 2.24) is 19.7 Å². The van der Waals surface area contributed by atoms with E-state index in [1.807, 2.05) is 42.5 Å². The number of para-hydroxylation sites is 1. The smallest absolute Gasteiger partial charge is 0.248 e. The first-order chi connectivity index (χ1) is 12.7. The van der Waals surface area contributed by atoms with Gasteiger partial charge in [-0.05, 0) is 29.8 Å². The van der Waals surface area contributed by atoms with Crippen molar-refractivity contribution in [3.63, 3.8) is 0 Å². The predicted octanol–water partition coefficient (Wildman–Crippen LogP) is 2.53. The van der Waals surface area contributed by atoms with Gasteiger partial charge in [0.2, 0.25) is 5.91 Å². The Morgan fingerprint density at radius 3 is 2.54 bits per heavy atom. The molecule has 0 radical (unpaired) electrons. The zero-order valence-corrected chi connectivity index (χ0v) is 13.8. The Morgan fingerprint density at radius 2 is 1.81 bits per heavy atom. The van der Waals surface area contributed by atoms with Gasteiger partial charge in [0.05, 0.1) is 17.3 Å². The van der Waals surface area contributed by atoms with Gasteiger partial charge >= 0.3 is 0 Å². The lowest BCUT2D eigenvalue weighted by Crippen LogP contribution is -2.11. The minimum absolute atomic E-state index is 0.435. The van der Waals surface area contributed by atoms with Crippen molar-refractivity contribution in [3.05, 3.63) is 78.2 Å². The number of primary amides is 1. The number of fused-ring (bicyclic) bond motifs is 1. The molecular formula is C19H16N6O. The van der Waals surface area contributed by atoms with Crippen LogP contribution in [0.5, 0.6) is 0 Å². The fourth-order valence-corrected chi connectivity index (χ4v) is 2.72. The van der Waals surface area contributed by atoms with Crippen LogP contribution in [0.3, 0.4) is 0 Å². The van der Waals surface area contributed by atoms with E-state index in [0.717, 1.165) is 22.3 Å². The molecule has 3 N–H and O–H groups in total. The lowest BCUT2D eigenvalue weighted by molar-refractivity contribution is 0.100. The van der Waals surface area contributed by atoms with E-state index < -0.39 is 5.91 Å². The molecule has 7 heteroatoms.